The van der Waals surface area contributed by atoms with Crippen molar-refractivity contribution in [3.05, 3.63) is 42.5 Å². The molecule has 140 valence electrons. The number of carbonyl (C=O) groups is 1. The Bertz CT molecular complexity index is 888. The molecule has 0 unspecified atom stereocenters. The summed E-state index contributed by atoms with van der Waals surface area (Å²) in [5.74, 6) is -0.0224. The molecule has 2 aromatic carbocycles. The first-order valence-corrected chi connectivity index (χ1v) is 10.3. The first kappa shape index (κ1) is 18.8. The number of hydrogen-bond donors (Lipinski definition) is 1. The molecule has 1 saturated heterocycles. The summed E-state index contributed by atoms with van der Waals surface area (Å²) >= 11 is 0. The third-order valence-corrected chi connectivity index (χ3v) is 6.40. The average Bonchev–Trinajstić information content (AvgIpc) is 2.61. The molecular weight excluding hydrogens is 350 g/mol. The van der Waals surface area contributed by atoms with Gasteiger partial charge < -0.3 is 5.32 Å². The van der Waals surface area contributed by atoms with Crippen LogP contribution in [0.2, 0.25) is 0 Å². The molecule has 0 radical (unpaired) electrons. The molecule has 6 nitrogen and oxygen atoms in total. The zero-order chi connectivity index (χ0) is 18.7. The first-order valence-electron chi connectivity index (χ1n) is 8.87. The molecule has 0 atom stereocenters. The van der Waals surface area contributed by atoms with Gasteiger partial charge in [-0.1, -0.05) is 30.3 Å². The van der Waals surface area contributed by atoms with E-state index >= 15 is 0 Å². The molecule has 0 aromatic heterocycles. The quantitative estimate of drug-likeness (QED) is 0.863. The number of benzene rings is 2. The number of hydrogen-bond acceptors (Lipinski definition) is 4. The van der Waals surface area contributed by atoms with E-state index in [1.807, 2.05) is 49.1 Å². The molecule has 1 N–H and O–H groups in total. The van der Waals surface area contributed by atoms with E-state index in [-0.39, 0.29) is 11.9 Å². The SMILES string of the molecule is CC(C)NC(=O)CN1CCN(S(=O)(=O)c2ccc3ccccc3c2)CC1. The van der Waals surface area contributed by atoms with Crippen LogP contribution in [0.3, 0.4) is 0 Å². The van der Waals surface area contributed by atoms with Gasteiger partial charge in [-0.3, -0.25) is 9.69 Å². The summed E-state index contributed by atoms with van der Waals surface area (Å²) in [7, 11) is -3.52. The summed E-state index contributed by atoms with van der Waals surface area (Å²) in [5.41, 5.74) is 0. The predicted octanol–water partition coefficient (Wildman–Crippen LogP) is 1.67. The summed E-state index contributed by atoms with van der Waals surface area (Å²) in [4.78, 5) is 14.2. The molecule has 0 spiro atoms. The average molecular weight is 375 g/mol. The van der Waals surface area contributed by atoms with E-state index in [4.69, 9.17) is 0 Å². The number of rotatable bonds is 5. The highest BCUT2D eigenvalue weighted by Gasteiger charge is 2.29. The van der Waals surface area contributed by atoms with Crippen LogP contribution in [0.1, 0.15) is 13.8 Å². The minimum absolute atomic E-state index is 0.0224. The van der Waals surface area contributed by atoms with Crippen LogP contribution in [0.4, 0.5) is 0 Å². The molecule has 26 heavy (non-hydrogen) atoms. The zero-order valence-corrected chi connectivity index (χ0v) is 16.0. The van der Waals surface area contributed by atoms with Crippen molar-refractivity contribution in [2.75, 3.05) is 32.7 Å². The Morgan fingerprint density at radius 1 is 1.04 bits per heavy atom. The van der Waals surface area contributed by atoms with E-state index in [1.54, 1.807) is 12.1 Å². The predicted molar refractivity (Wildman–Crippen MR) is 102 cm³/mol. The second-order valence-corrected chi connectivity index (χ2v) is 8.85. The van der Waals surface area contributed by atoms with Crippen molar-refractivity contribution in [3.63, 3.8) is 0 Å². The molecule has 0 bridgehead atoms. The number of sulfonamides is 1. The monoisotopic (exact) mass is 375 g/mol. The van der Waals surface area contributed by atoms with Crippen molar-refractivity contribution in [1.29, 1.82) is 0 Å². The minimum atomic E-state index is -3.52. The van der Waals surface area contributed by atoms with Crippen LogP contribution >= 0.6 is 0 Å². The van der Waals surface area contributed by atoms with Crippen molar-refractivity contribution < 1.29 is 13.2 Å². The highest BCUT2D eigenvalue weighted by atomic mass is 32.2. The Hall–Kier alpha value is -1.96. The van der Waals surface area contributed by atoms with Gasteiger partial charge >= 0.3 is 0 Å². The lowest BCUT2D eigenvalue weighted by atomic mass is 10.1. The molecule has 1 aliphatic rings. The van der Waals surface area contributed by atoms with Gasteiger partial charge in [0.1, 0.15) is 0 Å². The molecule has 3 rings (SSSR count). The molecule has 1 fully saturated rings. The maximum Gasteiger partial charge on any atom is 0.243 e. The molecule has 2 aromatic rings. The summed E-state index contributed by atoms with van der Waals surface area (Å²) in [6.45, 7) is 6.05. The lowest BCUT2D eigenvalue weighted by molar-refractivity contribution is -0.123. The normalized spacial score (nSPS) is 16.9. The minimum Gasteiger partial charge on any atom is -0.353 e. The number of nitrogens with zero attached hydrogens (tertiary/aromatic N) is 2. The van der Waals surface area contributed by atoms with Crippen molar-refractivity contribution in [1.82, 2.24) is 14.5 Å². The van der Waals surface area contributed by atoms with E-state index in [0.717, 1.165) is 10.8 Å². The van der Waals surface area contributed by atoms with E-state index in [2.05, 4.69) is 5.32 Å². The van der Waals surface area contributed by atoms with Crippen LogP contribution in [0.25, 0.3) is 10.8 Å². The second kappa shape index (κ2) is 7.73. The van der Waals surface area contributed by atoms with Gasteiger partial charge in [0.05, 0.1) is 11.4 Å². The first-order chi connectivity index (χ1) is 12.4. The lowest BCUT2D eigenvalue weighted by Gasteiger charge is -2.33. The van der Waals surface area contributed by atoms with Crippen molar-refractivity contribution in [2.24, 2.45) is 0 Å². The van der Waals surface area contributed by atoms with Crippen molar-refractivity contribution >= 4 is 26.7 Å². The van der Waals surface area contributed by atoms with Gasteiger partial charge in [0.25, 0.3) is 0 Å². The highest BCUT2D eigenvalue weighted by molar-refractivity contribution is 7.89. The number of carbonyl (C=O) groups excluding carboxylic acids is 1. The molecule has 7 heteroatoms. The maximum absolute atomic E-state index is 12.9. The van der Waals surface area contributed by atoms with Gasteiger partial charge in [0.15, 0.2) is 0 Å². The standard InChI is InChI=1S/C19H25N3O3S/c1-15(2)20-19(23)14-21-9-11-22(12-10-21)26(24,25)18-8-7-16-5-3-4-6-17(16)13-18/h3-8,13,15H,9-12,14H2,1-2H3,(H,20,23). The highest BCUT2D eigenvalue weighted by Crippen LogP contribution is 2.22. The van der Waals surface area contributed by atoms with Crippen molar-refractivity contribution in [3.8, 4) is 0 Å². The van der Waals surface area contributed by atoms with E-state index in [1.165, 1.54) is 4.31 Å². The van der Waals surface area contributed by atoms with Crippen LogP contribution in [0.5, 0.6) is 0 Å². The number of amides is 1. The summed E-state index contributed by atoms with van der Waals surface area (Å²) in [5, 5.41) is 4.80. The third kappa shape index (κ3) is 4.23. The second-order valence-electron chi connectivity index (χ2n) is 6.91. The molecule has 0 aliphatic carbocycles. The Balaban J connectivity index is 1.66. The van der Waals surface area contributed by atoms with Crippen LogP contribution < -0.4 is 5.32 Å². The summed E-state index contributed by atoms with van der Waals surface area (Å²) < 4.78 is 27.4. The fourth-order valence-electron chi connectivity index (χ4n) is 3.18. The van der Waals surface area contributed by atoms with Gasteiger partial charge in [0.2, 0.25) is 15.9 Å². The number of nitrogens with one attached hydrogen (secondary N) is 1. The molecule has 1 amide bonds. The Kier molecular flexibility index (Phi) is 5.60. The smallest absolute Gasteiger partial charge is 0.243 e. The van der Waals surface area contributed by atoms with E-state index < -0.39 is 10.0 Å². The zero-order valence-electron chi connectivity index (χ0n) is 15.2. The fourth-order valence-corrected chi connectivity index (χ4v) is 4.63. The van der Waals surface area contributed by atoms with E-state index in [9.17, 15) is 13.2 Å². The van der Waals surface area contributed by atoms with E-state index in [0.29, 0.717) is 37.6 Å². The maximum atomic E-state index is 12.9. The lowest BCUT2D eigenvalue weighted by Crippen LogP contribution is -2.51. The van der Waals surface area contributed by atoms with Crippen molar-refractivity contribution in [2.45, 2.75) is 24.8 Å². The van der Waals surface area contributed by atoms with Gasteiger partial charge in [-0.15, -0.1) is 0 Å². The molecular formula is C19H25N3O3S. The Morgan fingerprint density at radius 3 is 2.35 bits per heavy atom. The summed E-state index contributed by atoms with van der Waals surface area (Å²) in [6, 6.07) is 13.1. The molecule has 1 aliphatic heterocycles. The topological polar surface area (TPSA) is 69.7 Å². The van der Waals surface area contributed by atoms with Gasteiger partial charge in [0, 0.05) is 32.2 Å². The Morgan fingerprint density at radius 2 is 1.69 bits per heavy atom. The Labute approximate surface area is 154 Å². The number of fused-ring (bicyclic) bond motifs is 1. The van der Waals surface area contributed by atoms with Crippen LogP contribution in [-0.2, 0) is 14.8 Å². The molecule has 1 heterocycles. The third-order valence-electron chi connectivity index (χ3n) is 4.51. The van der Waals surface area contributed by atoms with Gasteiger partial charge in [-0.2, -0.15) is 4.31 Å². The summed E-state index contributed by atoms with van der Waals surface area (Å²) in [6.07, 6.45) is 0. The van der Waals surface area contributed by atoms with Crippen LogP contribution in [-0.4, -0.2) is 62.3 Å². The number of piperazine rings is 1. The largest absolute Gasteiger partial charge is 0.353 e. The van der Waals surface area contributed by atoms with Crippen LogP contribution in [0.15, 0.2) is 47.4 Å². The van der Waals surface area contributed by atoms with Gasteiger partial charge in [-0.25, -0.2) is 8.42 Å². The fraction of sp³-hybridized carbons (Fsp3) is 0.421. The van der Waals surface area contributed by atoms with Gasteiger partial charge in [-0.05, 0) is 36.8 Å². The van der Waals surface area contributed by atoms with Crippen LogP contribution in [0, 0.1) is 0 Å². The molecule has 0 saturated carbocycles.